The fourth-order valence-corrected chi connectivity index (χ4v) is 17.3. The Bertz CT molecular complexity index is 4130. The van der Waals surface area contributed by atoms with Gasteiger partial charge in [0.2, 0.25) is 50.1 Å². The molecule has 0 radical (unpaired) electrons. The lowest BCUT2D eigenvalue weighted by Gasteiger charge is -2.17. The molecule has 7 aromatic rings. The summed E-state index contributed by atoms with van der Waals surface area (Å²) in [4.78, 5) is 70.1. The first-order valence-corrected chi connectivity index (χ1v) is 42.3. The van der Waals surface area contributed by atoms with Crippen molar-refractivity contribution in [2.45, 2.75) is 99.5 Å². The number of oxime groups is 1. The zero-order chi connectivity index (χ0) is 70.5. The van der Waals surface area contributed by atoms with Crippen LogP contribution in [-0.2, 0) is 50.1 Å². The van der Waals surface area contributed by atoms with E-state index in [4.69, 9.17) is 16.7 Å². The van der Waals surface area contributed by atoms with Gasteiger partial charge in [0.05, 0.1) is 99.3 Å². The maximum atomic E-state index is 11.5. The van der Waals surface area contributed by atoms with Crippen LogP contribution in [0.15, 0.2) is 91.3 Å². The van der Waals surface area contributed by atoms with Crippen LogP contribution in [0.25, 0.3) is 0 Å². The predicted octanol–water partition coefficient (Wildman–Crippen LogP) is 12.5. The molecule has 7 heterocycles. The van der Waals surface area contributed by atoms with Gasteiger partial charge >= 0.3 is 0 Å². The SMILES string of the molecule is CC/C(=N/O)c1cc(NS(C)(=O)=O)cs1.CCC(=O)c1cc(N(S(C)(=O)=O)S(C)(=O)=O)cs1.CCC(=O)c1cc(N)cs1.CCC(=O)c1cc(NS(C)(=O)=O)cs1.CCC(=O)c1cc([N+](=O)[O-])cs1.CCC(=O)c1cccs1.CCC(N)c1cc(NS(C)(=O)=O)cs1. The molecular formula is C54H74N8O18S12. The van der Waals surface area contributed by atoms with Crippen LogP contribution in [0.4, 0.5) is 34.1 Å². The van der Waals surface area contributed by atoms with Crippen molar-refractivity contribution >= 4 is 198 Å². The number of anilines is 5. The molecule has 26 nitrogen and oxygen atoms in total. The second-order valence-corrected chi connectivity index (χ2v) is 34.2. The Morgan fingerprint density at radius 3 is 1.27 bits per heavy atom. The van der Waals surface area contributed by atoms with E-state index < -0.39 is 55.0 Å². The van der Waals surface area contributed by atoms with Crippen molar-refractivity contribution in [3.63, 3.8) is 0 Å². The minimum atomic E-state index is -3.95. The van der Waals surface area contributed by atoms with E-state index in [-0.39, 0.29) is 52.8 Å². The summed E-state index contributed by atoms with van der Waals surface area (Å²) in [5, 5.41) is 33.5. The number of carbonyl (C=O) groups excluding carboxylic acids is 5. The van der Waals surface area contributed by atoms with Crippen LogP contribution in [0, 0.1) is 10.1 Å². The van der Waals surface area contributed by atoms with Gasteiger partial charge in [0, 0.05) is 81.7 Å². The topological polar surface area (TPSA) is 423 Å². The van der Waals surface area contributed by atoms with Crippen molar-refractivity contribution in [3.8, 4) is 0 Å². The summed E-state index contributed by atoms with van der Waals surface area (Å²) in [6.45, 7) is 12.7. The number of Topliss-reactive ketones (excluding diaryl/α,β-unsaturated/α-hetero) is 5. The number of nitro groups is 1. The Balaban J connectivity index is 0.000000542. The lowest BCUT2D eigenvalue weighted by molar-refractivity contribution is -0.384. The molecule has 0 spiro atoms. The molecule has 0 saturated carbocycles. The van der Waals surface area contributed by atoms with E-state index in [2.05, 4.69) is 19.3 Å². The molecule has 92 heavy (non-hydrogen) atoms. The highest BCUT2D eigenvalue weighted by molar-refractivity contribution is 8.09. The van der Waals surface area contributed by atoms with E-state index in [1.54, 1.807) is 66.6 Å². The molecule has 1 unspecified atom stereocenters. The number of ketones is 5. The van der Waals surface area contributed by atoms with Gasteiger partial charge in [-0.3, -0.25) is 48.3 Å². The molecule has 0 aliphatic heterocycles. The highest BCUT2D eigenvalue weighted by Crippen LogP contribution is 2.30. The molecular weight excluding hydrogens is 1430 g/mol. The number of nitrogen functional groups attached to an aromatic ring is 1. The van der Waals surface area contributed by atoms with Gasteiger partial charge < -0.3 is 16.7 Å². The number of rotatable bonds is 24. The monoisotopic (exact) mass is 1510 g/mol. The largest absolute Gasteiger partial charge is 0.411 e. The van der Waals surface area contributed by atoms with Crippen LogP contribution in [0.3, 0.4) is 0 Å². The summed E-state index contributed by atoms with van der Waals surface area (Å²) in [6, 6.07) is 13.0. The quantitative estimate of drug-likeness (QED) is 0.0108. The molecule has 0 fully saturated rings. The minimum Gasteiger partial charge on any atom is -0.411 e. The Hall–Kier alpha value is -6.17. The van der Waals surface area contributed by atoms with Crippen molar-refractivity contribution in [2.75, 3.05) is 54.9 Å². The zero-order valence-electron chi connectivity index (χ0n) is 52.0. The van der Waals surface area contributed by atoms with E-state index in [1.165, 1.54) is 79.6 Å². The van der Waals surface area contributed by atoms with Gasteiger partial charge in [-0.05, 0) is 54.6 Å². The van der Waals surface area contributed by atoms with Gasteiger partial charge in [0.25, 0.3) is 5.69 Å². The van der Waals surface area contributed by atoms with Crippen LogP contribution in [0.1, 0.15) is 158 Å². The fourth-order valence-electron chi connectivity index (χ4n) is 6.39. The van der Waals surface area contributed by atoms with Gasteiger partial charge in [-0.1, -0.05) is 59.7 Å². The van der Waals surface area contributed by atoms with E-state index >= 15 is 0 Å². The normalized spacial score (nSPS) is 11.6. The third-order valence-electron chi connectivity index (χ3n) is 10.6. The van der Waals surface area contributed by atoms with Crippen LogP contribution in [0.2, 0.25) is 0 Å². The number of nitrogens with two attached hydrogens (primary N) is 2. The molecule has 0 aliphatic rings. The number of hydrogen-bond donors (Lipinski definition) is 6. The van der Waals surface area contributed by atoms with Crippen LogP contribution in [0.5, 0.6) is 0 Å². The van der Waals surface area contributed by atoms with Crippen molar-refractivity contribution < 1.29 is 76.2 Å². The maximum Gasteiger partial charge on any atom is 0.280 e. The van der Waals surface area contributed by atoms with E-state index in [9.17, 15) is 76.2 Å². The average molecular weight is 1510 g/mol. The summed E-state index contributed by atoms with van der Waals surface area (Å²) in [5.41, 5.74) is 14.0. The summed E-state index contributed by atoms with van der Waals surface area (Å²) in [6.07, 6.45) is 8.59. The predicted molar refractivity (Wildman–Crippen MR) is 378 cm³/mol. The number of hydrogen-bond acceptors (Lipinski definition) is 28. The standard InChI is InChI=1S/C9H13NO5S3.C8H12N2O3S2.C8H14N2O2S2.C8H11NO3S2.C7H7NO3S.C7H9NOS.C7H8OS/c1-4-8(11)9-5-7(6-16-9)10(17(2,12)13)18(3,14)15;1-3-7(9-11)8-4-6(5-14-8)10-15(2,12)13;1-3-7(9)8-4-6(5-13-8)10-14(2,11)12;1-3-7(10)8-4-6(5-13-8)9-14(2,11)12;1-2-6(9)7-3-5(4-12-7)8(10)11;1-2-6(9)7-3-5(8)4-10-7;1-2-6(8)7-4-3-5-9-7/h5-6H,4H2,1-3H3;4-5,10-11H,3H2,1-2H3;4-5,7,10H,3,9H2,1-2H3;4-5,9H,3H2,1-2H3;3-4H,2H2,1H3;3-4H,2,8H2,1H3;3-5H,2H2,1H3/b;9-7-;;;;;. The number of carbonyl (C=O) groups is 5. The van der Waals surface area contributed by atoms with Gasteiger partial charge in [-0.25, -0.2) is 42.1 Å². The summed E-state index contributed by atoms with van der Waals surface area (Å²) in [5.74, 6) is 0.226. The molecule has 7 rings (SSSR count). The molecule has 0 amide bonds. The molecule has 510 valence electrons. The minimum absolute atomic E-state index is 0.00296. The Morgan fingerprint density at radius 1 is 0.522 bits per heavy atom. The first-order valence-electron chi connectivity index (χ1n) is 26.8. The lowest BCUT2D eigenvalue weighted by atomic mass is 10.2. The summed E-state index contributed by atoms with van der Waals surface area (Å²) >= 11 is 9.10. The lowest BCUT2D eigenvalue weighted by Crippen LogP contribution is -2.34. The molecule has 1 atom stereocenters. The Morgan fingerprint density at radius 2 is 0.902 bits per heavy atom. The van der Waals surface area contributed by atoms with Crippen LogP contribution < -0.4 is 29.3 Å². The first kappa shape index (κ1) is 83.8. The average Bonchev–Trinajstić information content (AvgIpc) is 1.68. The number of nitrogens with zero attached hydrogens (tertiary/aromatic N) is 3. The zero-order valence-corrected chi connectivity index (χ0v) is 61.8. The van der Waals surface area contributed by atoms with Crippen LogP contribution >= 0.6 is 79.4 Å². The summed E-state index contributed by atoms with van der Waals surface area (Å²) in [7, 11) is -17.6. The number of nitrogens with one attached hydrogen (secondary N) is 3. The molecule has 0 saturated heterocycles. The molecule has 38 heteroatoms. The van der Waals surface area contributed by atoms with Gasteiger partial charge in [0.1, 0.15) is 0 Å². The van der Waals surface area contributed by atoms with Crippen molar-refractivity contribution in [2.24, 2.45) is 10.9 Å². The van der Waals surface area contributed by atoms with E-state index in [0.717, 1.165) is 79.9 Å². The molecule has 0 aliphatic carbocycles. The van der Waals surface area contributed by atoms with Crippen molar-refractivity contribution in [3.05, 3.63) is 130 Å². The molecule has 0 aromatic carbocycles. The Labute approximate surface area is 565 Å². The third-order valence-corrected chi connectivity index (χ3v) is 22.5. The van der Waals surface area contributed by atoms with Gasteiger partial charge in [0.15, 0.2) is 28.9 Å². The second kappa shape index (κ2) is 39.5. The van der Waals surface area contributed by atoms with E-state index in [0.29, 0.717) is 78.9 Å². The first-order chi connectivity index (χ1) is 42.6. The highest BCUT2D eigenvalue weighted by Gasteiger charge is 2.29. The Kier molecular flexibility index (Phi) is 36.0. The third kappa shape index (κ3) is 32.1. The molecule has 8 N–H and O–H groups in total. The highest BCUT2D eigenvalue weighted by atomic mass is 32.3. The smallest absolute Gasteiger partial charge is 0.280 e. The second-order valence-electron chi connectivity index (χ2n) is 18.6. The van der Waals surface area contributed by atoms with Crippen molar-refractivity contribution in [1.82, 2.24) is 0 Å². The van der Waals surface area contributed by atoms with Gasteiger partial charge in [-0.2, -0.15) is 3.71 Å². The summed E-state index contributed by atoms with van der Waals surface area (Å²) < 4.78 is 119. The van der Waals surface area contributed by atoms with Crippen molar-refractivity contribution in [1.29, 1.82) is 0 Å². The molecule has 0 bridgehead atoms. The van der Waals surface area contributed by atoms with E-state index in [1.807, 2.05) is 45.2 Å². The molecule has 7 aromatic heterocycles. The number of thiophene rings is 7. The number of sulfonamides is 5. The fraction of sp³-hybridized carbons (Fsp3) is 0.370. The maximum absolute atomic E-state index is 11.5. The van der Waals surface area contributed by atoms with Crippen LogP contribution in [-0.4, -0.2) is 118 Å². The van der Waals surface area contributed by atoms with Gasteiger partial charge in [-0.15, -0.1) is 79.4 Å².